The first-order valence-corrected chi connectivity index (χ1v) is 10.6. The van der Waals surface area contributed by atoms with Gasteiger partial charge in [-0.3, -0.25) is 0 Å². The van der Waals surface area contributed by atoms with Crippen LogP contribution in [0.5, 0.6) is 0 Å². The summed E-state index contributed by atoms with van der Waals surface area (Å²) in [6, 6.07) is 15.8. The maximum Gasteiger partial charge on any atom is 0.131 e. The fourth-order valence-corrected chi connectivity index (χ4v) is 5.32. The van der Waals surface area contributed by atoms with Gasteiger partial charge in [0.1, 0.15) is 5.82 Å². The molecule has 0 spiro atoms. The molecule has 2 saturated carbocycles. The van der Waals surface area contributed by atoms with E-state index >= 15 is 0 Å². The molecule has 0 atom stereocenters. The Balaban J connectivity index is 1.39. The molecule has 1 heteroatoms. The van der Waals surface area contributed by atoms with E-state index in [0.29, 0.717) is 5.92 Å². The van der Waals surface area contributed by atoms with Gasteiger partial charge in [-0.1, -0.05) is 62.2 Å². The first kappa shape index (κ1) is 17.8. The van der Waals surface area contributed by atoms with Crippen molar-refractivity contribution in [1.82, 2.24) is 0 Å². The Morgan fingerprint density at radius 3 is 1.96 bits per heavy atom. The van der Waals surface area contributed by atoms with E-state index in [0.717, 1.165) is 28.9 Å². The number of halogens is 1. The molecule has 0 radical (unpaired) electrons. The van der Waals surface area contributed by atoms with Gasteiger partial charge in [0.2, 0.25) is 0 Å². The lowest BCUT2D eigenvalue weighted by Crippen LogP contribution is -2.24. The topological polar surface area (TPSA) is 0 Å². The summed E-state index contributed by atoms with van der Waals surface area (Å²) in [5.41, 5.74) is 2.89. The lowest BCUT2D eigenvalue weighted by Gasteiger charge is -2.37. The van der Waals surface area contributed by atoms with Gasteiger partial charge in [0.05, 0.1) is 0 Å². The van der Waals surface area contributed by atoms with Gasteiger partial charge >= 0.3 is 0 Å². The standard InChI is InChI=1S/C25H31F/c1-18-7-9-19(10-8-18)20-11-13-21(14-12-20)23-15-16-24(25(26)17-23)22-5-3-2-4-6-22/h2-6,15-21H,7-14H2,1H3. The molecule has 0 aliphatic heterocycles. The summed E-state index contributed by atoms with van der Waals surface area (Å²) in [5.74, 6) is 3.30. The Bertz CT molecular complexity index is 704. The van der Waals surface area contributed by atoms with Crippen LogP contribution in [0.3, 0.4) is 0 Å². The first-order chi connectivity index (χ1) is 12.7. The van der Waals surface area contributed by atoms with Crippen LogP contribution in [0.25, 0.3) is 11.1 Å². The van der Waals surface area contributed by atoms with E-state index in [1.54, 1.807) is 6.07 Å². The fourth-order valence-electron chi connectivity index (χ4n) is 5.32. The van der Waals surface area contributed by atoms with E-state index in [1.807, 2.05) is 36.4 Å². The molecular weight excluding hydrogens is 319 g/mol. The zero-order valence-electron chi connectivity index (χ0n) is 16.0. The van der Waals surface area contributed by atoms with Crippen LogP contribution in [0.4, 0.5) is 4.39 Å². The van der Waals surface area contributed by atoms with Crippen LogP contribution in [0.2, 0.25) is 0 Å². The highest BCUT2D eigenvalue weighted by molar-refractivity contribution is 5.64. The highest BCUT2D eigenvalue weighted by atomic mass is 19.1. The number of hydrogen-bond donors (Lipinski definition) is 0. The normalized spacial score (nSPS) is 29.5. The Labute approximate surface area is 157 Å². The molecule has 0 amide bonds. The van der Waals surface area contributed by atoms with Crippen molar-refractivity contribution in [3.05, 3.63) is 59.9 Å². The van der Waals surface area contributed by atoms with Gasteiger partial charge in [0.25, 0.3) is 0 Å². The van der Waals surface area contributed by atoms with Gasteiger partial charge < -0.3 is 0 Å². The van der Waals surface area contributed by atoms with Crippen LogP contribution in [-0.4, -0.2) is 0 Å². The molecular formula is C25H31F. The van der Waals surface area contributed by atoms with Crippen LogP contribution in [0.1, 0.15) is 69.8 Å². The smallest absolute Gasteiger partial charge is 0.131 e. The van der Waals surface area contributed by atoms with Crippen molar-refractivity contribution >= 4 is 0 Å². The predicted molar refractivity (Wildman–Crippen MR) is 108 cm³/mol. The third kappa shape index (κ3) is 3.87. The summed E-state index contributed by atoms with van der Waals surface area (Å²) in [6.07, 6.45) is 10.9. The average molecular weight is 351 g/mol. The summed E-state index contributed by atoms with van der Waals surface area (Å²) < 4.78 is 14.7. The zero-order chi connectivity index (χ0) is 17.9. The van der Waals surface area contributed by atoms with E-state index < -0.39 is 0 Å². The molecule has 0 aromatic heterocycles. The summed E-state index contributed by atoms with van der Waals surface area (Å²) in [5, 5.41) is 0. The first-order valence-electron chi connectivity index (χ1n) is 10.6. The van der Waals surface area contributed by atoms with Crippen molar-refractivity contribution < 1.29 is 4.39 Å². The van der Waals surface area contributed by atoms with E-state index in [4.69, 9.17) is 0 Å². The van der Waals surface area contributed by atoms with E-state index in [9.17, 15) is 4.39 Å². The molecule has 2 fully saturated rings. The summed E-state index contributed by atoms with van der Waals surface area (Å²) >= 11 is 0. The van der Waals surface area contributed by atoms with Gasteiger partial charge in [0.15, 0.2) is 0 Å². The molecule has 0 saturated heterocycles. The molecule has 2 aliphatic carbocycles. The monoisotopic (exact) mass is 350 g/mol. The average Bonchev–Trinajstić information content (AvgIpc) is 2.69. The molecule has 0 unspecified atom stereocenters. The SMILES string of the molecule is CC1CCC(C2CCC(c3ccc(-c4ccccc4)c(F)c3)CC2)CC1. The van der Waals surface area contributed by atoms with E-state index in [2.05, 4.69) is 13.0 Å². The van der Waals surface area contributed by atoms with E-state index in [1.165, 1.54) is 56.9 Å². The molecule has 0 bridgehead atoms. The van der Waals surface area contributed by atoms with Gasteiger partial charge in [-0.15, -0.1) is 0 Å². The number of rotatable bonds is 3. The molecule has 138 valence electrons. The minimum Gasteiger partial charge on any atom is -0.206 e. The van der Waals surface area contributed by atoms with E-state index in [-0.39, 0.29) is 5.82 Å². The second-order valence-corrected chi connectivity index (χ2v) is 8.74. The lowest BCUT2D eigenvalue weighted by atomic mass is 9.68. The van der Waals surface area contributed by atoms with Crippen LogP contribution < -0.4 is 0 Å². The third-order valence-electron chi connectivity index (χ3n) is 7.05. The van der Waals surface area contributed by atoms with Crippen molar-refractivity contribution in [2.24, 2.45) is 17.8 Å². The molecule has 2 aliphatic rings. The second kappa shape index (κ2) is 7.94. The van der Waals surface area contributed by atoms with Crippen LogP contribution >= 0.6 is 0 Å². The van der Waals surface area contributed by atoms with Crippen LogP contribution in [0.15, 0.2) is 48.5 Å². The van der Waals surface area contributed by atoms with Crippen LogP contribution in [-0.2, 0) is 0 Å². The molecule has 26 heavy (non-hydrogen) atoms. The largest absolute Gasteiger partial charge is 0.206 e. The van der Waals surface area contributed by atoms with Gasteiger partial charge in [-0.05, 0) is 79.4 Å². The number of hydrogen-bond acceptors (Lipinski definition) is 0. The summed E-state index contributed by atoms with van der Waals surface area (Å²) in [4.78, 5) is 0. The Kier molecular flexibility index (Phi) is 5.43. The molecule has 2 aromatic carbocycles. The minimum atomic E-state index is -0.0721. The summed E-state index contributed by atoms with van der Waals surface area (Å²) in [7, 11) is 0. The quantitative estimate of drug-likeness (QED) is 0.535. The number of benzene rings is 2. The maximum absolute atomic E-state index is 14.7. The van der Waals surface area contributed by atoms with Crippen molar-refractivity contribution in [3.8, 4) is 11.1 Å². The van der Waals surface area contributed by atoms with Gasteiger partial charge in [-0.25, -0.2) is 4.39 Å². The third-order valence-corrected chi connectivity index (χ3v) is 7.05. The fraction of sp³-hybridized carbons (Fsp3) is 0.520. The molecule has 4 rings (SSSR count). The van der Waals surface area contributed by atoms with Crippen molar-refractivity contribution in [1.29, 1.82) is 0 Å². The highest BCUT2D eigenvalue weighted by Gasteiger charge is 2.30. The Hall–Kier alpha value is -1.63. The zero-order valence-corrected chi connectivity index (χ0v) is 16.0. The van der Waals surface area contributed by atoms with Crippen molar-refractivity contribution in [2.45, 2.75) is 64.2 Å². The Morgan fingerprint density at radius 2 is 1.35 bits per heavy atom. The minimum absolute atomic E-state index is 0.0721. The van der Waals surface area contributed by atoms with Crippen LogP contribution in [0, 0.1) is 23.6 Å². The molecule has 2 aromatic rings. The van der Waals surface area contributed by atoms with Crippen molar-refractivity contribution in [2.75, 3.05) is 0 Å². The van der Waals surface area contributed by atoms with Crippen molar-refractivity contribution in [3.63, 3.8) is 0 Å². The molecule has 0 heterocycles. The predicted octanol–water partition coefficient (Wildman–Crippen LogP) is 7.59. The molecule has 0 N–H and O–H groups in total. The second-order valence-electron chi connectivity index (χ2n) is 8.74. The maximum atomic E-state index is 14.7. The Morgan fingerprint density at radius 1 is 0.731 bits per heavy atom. The highest BCUT2D eigenvalue weighted by Crippen LogP contribution is 2.44. The molecule has 0 nitrogen and oxygen atoms in total. The summed E-state index contributed by atoms with van der Waals surface area (Å²) in [6.45, 7) is 2.40. The van der Waals surface area contributed by atoms with Gasteiger partial charge in [0, 0.05) is 5.56 Å². The van der Waals surface area contributed by atoms with Gasteiger partial charge in [-0.2, -0.15) is 0 Å². The lowest BCUT2D eigenvalue weighted by molar-refractivity contribution is 0.165.